The maximum atomic E-state index is 12.3. The van der Waals surface area contributed by atoms with Crippen molar-refractivity contribution in [3.63, 3.8) is 0 Å². The molecule has 1 unspecified atom stereocenters. The van der Waals surface area contributed by atoms with E-state index in [0.717, 1.165) is 13.3 Å². The minimum absolute atomic E-state index is 0.0349. The van der Waals surface area contributed by atoms with Crippen molar-refractivity contribution in [3.05, 3.63) is 0 Å². The maximum absolute atomic E-state index is 12.3. The van der Waals surface area contributed by atoms with Crippen molar-refractivity contribution in [1.29, 1.82) is 0 Å². The fraction of sp³-hybridized carbons (Fsp3) is 0.923. The van der Waals surface area contributed by atoms with Crippen LogP contribution in [-0.4, -0.2) is 18.2 Å². The Balaban J connectivity index is 4.49. The molecule has 0 aromatic heterocycles. The smallest absolute Gasteiger partial charge is 0.425 e. The van der Waals surface area contributed by atoms with Crippen LogP contribution in [0.1, 0.15) is 54.4 Å². The predicted octanol–water partition coefficient (Wildman–Crippen LogP) is 4.33. The lowest BCUT2D eigenvalue weighted by atomic mass is 9.80. The highest BCUT2D eigenvalue weighted by molar-refractivity contribution is 5.76. The molecule has 18 heavy (non-hydrogen) atoms. The third-order valence-electron chi connectivity index (χ3n) is 2.80. The van der Waals surface area contributed by atoms with Crippen LogP contribution >= 0.6 is 0 Å². The van der Waals surface area contributed by atoms with E-state index in [1.165, 1.54) is 0 Å². The quantitative estimate of drug-likeness (QED) is 0.709. The van der Waals surface area contributed by atoms with Crippen molar-refractivity contribution in [3.8, 4) is 0 Å². The van der Waals surface area contributed by atoms with Crippen LogP contribution in [0.5, 0.6) is 0 Å². The van der Waals surface area contributed by atoms with Crippen LogP contribution in [0, 0.1) is 10.8 Å². The molecule has 0 aromatic carbocycles. The number of hydrogen-bond donors (Lipinski definition) is 0. The molecule has 0 fully saturated rings. The van der Waals surface area contributed by atoms with Gasteiger partial charge in [-0.05, 0) is 39.0 Å². The first-order chi connectivity index (χ1) is 7.76. The number of esters is 1. The summed E-state index contributed by atoms with van der Waals surface area (Å²) in [7, 11) is 0. The van der Waals surface area contributed by atoms with E-state index in [2.05, 4.69) is 4.74 Å². The molecule has 0 saturated heterocycles. The Kier molecular flexibility index (Phi) is 5.27. The molecule has 1 atom stereocenters. The Bertz CT molecular complexity index is 288. The van der Waals surface area contributed by atoms with Crippen molar-refractivity contribution in [2.24, 2.45) is 10.8 Å². The van der Waals surface area contributed by atoms with E-state index >= 15 is 0 Å². The lowest BCUT2D eigenvalue weighted by Gasteiger charge is -2.28. The molecule has 0 heterocycles. The van der Waals surface area contributed by atoms with E-state index in [1.807, 2.05) is 20.8 Å². The Labute approximate surface area is 107 Å². The van der Waals surface area contributed by atoms with Crippen LogP contribution in [0.15, 0.2) is 0 Å². The standard InChI is InChI=1S/C13H23F3O2/c1-9(13(14,15)16)18-10(17)12(5,6)8-7-11(2,3)4/h9H,7-8H2,1-6H3. The normalized spacial score (nSPS) is 15.4. The molecule has 0 radical (unpaired) electrons. The van der Waals surface area contributed by atoms with Gasteiger partial charge in [-0.25, -0.2) is 0 Å². The van der Waals surface area contributed by atoms with Gasteiger partial charge in [-0.2, -0.15) is 13.2 Å². The fourth-order valence-electron chi connectivity index (χ4n) is 1.18. The van der Waals surface area contributed by atoms with Gasteiger partial charge in [-0.3, -0.25) is 4.79 Å². The first-order valence-electron chi connectivity index (χ1n) is 6.03. The van der Waals surface area contributed by atoms with Crippen molar-refractivity contribution in [1.82, 2.24) is 0 Å². The van der Waals surface area contributed by atoms with Crippen LogP contribution < -0.4 is 0 Å². The van der Waals surface area contributed by atoms with Crippen molar-refractivity contribution in [2.45, 2.75) is 66.7 Å². The van der Waals surface area contributed by atoms with Crippen LogP contribution in [0.25, 0.3) is 0 Å². The lowest BCUT2D eigenvalue weighted by Crippen LogP contribution is -2.36. The summed E-state index contributed by atoms with van der Waals surface area (Å²) in [6.45, 7) is 10.1. The van der Waals surface area contributed by atoms with E-state index < -0.39 is 23.7 Å². The zero-order valence-corrected chi connectivity index (χ0v) is 11.9. The molecule has 5 heteroatoms. The van der Waals surface area contributed by atoms with E-state index in [-0.39, 0.29) is 5.41 Å². The van der Waals surface area contributed by atoms with E-state index in [4.69, 9.17) is 0 Å². The van der Waals surface area contributed by atoms with Gasteiger partial charge < -0.3 is 4.74 Å². The van der Waals surface area contributed by atoms with Crippen LogP contribution in [0.2, 0.25) is 0 Å². The zero-order chi connectivity index (χ0) is 14.8. The van der Waals surface area contributed by atoms with Gasteiger partial charge in [0.25, 0.3) is 0 Å². The van der Waals surface area contributed by atoms with E-state index in [9.17, 15) is 18.0 Å². The number of rotatable bonds is 4. The molecule has 0 spiro atoms. The third kappa shape index (κ3) is 6.26. The maximum Gasteiger partial charge on any atom is 0.425 e. The molecule has 0 aliphatic heterocycles. The summed E-state index contributed by atoms with van der Waals surface area (Å²) in [5.41, 5.74) is -0.861. The highest BCUT2D eigenvalue weighted by atomic mass is 19.4. The summed E-state index contributed by atoms with van der Waals surface area (Å²) >= 11 is 0. The average Bonchev–Trinajstić information content (AvgIpc) is 2.12. The monoisotopic (exact) mass is 268 g/mol. The molecule has 0 amide bonds. The predicted molar refractivity (Wildman–Crippen MR) is 64.1 cm³/mol. The fourth-order valence-corrected chi connectivity index (χ4v) is 1.18. The van der Waals surface area contributed by atoms with Gasteiger partial charge >= 0.3 is 12.1 Å². The molecular weight excluding hydrogens is 245 g/mol. The van der Waals surface area contributed by atoms with Crippen LogP contribution in [0.4, 0.5) is 13.2 Å². The van der Waals surface area contributed by atoms with Gasteiger partial charge in [-0.1, -0.05) is 20.8 Å². The van der Waals surface area contributed by atoms with Crippen LogP contribution in [0.3, 0.4) is 0 Å². The first-order valence-corrected chi connectivity index (χ1v) is 6.03. The second-order valence-corrected chi connectivity index (χ2v) is 6.53. The molecule has 0 aliphatic rings. The second kappa shape index (κ2) is 5.49. The summed E-state index contributed by atoms with van der Waals surface area (Å²) in [6, 6.07) is 0. The van der Waals surface area contributed by atoms with Gasteiger partial charge in [0.1, 0.15) is 0 Å². The summed E-state index contributed by atoms with van der Waals surface area (Å²) in [5.74, 6) is -0.795. The van der Waals surface area contributed by atoms with E-state index in [1.54, 1.807) is 13.8 Å². The van der Waals surface area contributed by atoms with Crippen molar-refractivity contribution < 1.29 is 22.7 Å². The Hall–Kier alpha value is -0.740. The number of ether oxygens (including phenoxy) is 1. The topological polar surface area (TPSA) is 26.3 Å². The molecule has 0 N–H and O–H groups in total. The number of halogens is 3. The van der Waals surface area contributed by atoms with E-state index in [0.29, 0.717) is 6.42 Å². The summed E-state index contributed by atoms with van der Waals surface area (Å²) in [5, 5.41) is 0. The molecule has 2 nitrogen and oxygen atoms in total. The Morgan fingerprint density at radius 3 is 1.83 bits per heavy atom. The number of alkyl halides is 3. The summed E-state index contributed by atoms with van der Waals surface area (Å²) in [6.07, 6.45) is -5.32. The molecule has 108 valence electrons. The minimum Gasteiger partial charge on any atom is -0.453 e. The largest absolute Gasteiger partial charge is 0.453 e. The van der Waals surface area contributed by atoms with Gasteiger partial charge in [0, 0.05) is 0 Å². The molecule has 0 bridgehead atoms. The van der Waals surface area contributed by atoms with Gasteiger partial charge in [0.15, 0.2) is 6.10 Å². The van der Waals surface area contributed by atoms with Crippen LogP contribution in [-0.2, 0) is 9.53 Å². The molecule has 0 rings (SSSR count). The summed E-state index contributed by atoms with van der Waals surface area (Å²) in [4.78, 5) is 11.7. The second-order valence-electron chi connectivity index (χ2n) is 6.53. The Morgan fingerprint density at radius 1 is 1.06 bits per heavy atom. The number of carbonyl (C=O) groups excluding carboxylic acids is 1. The average molecular weight is 268 g/mol. The highest BCUT2D eigenvalue weighted by Crippen LogP contribution is 2.33. The van der Waals surface area contributed by atoms with Crippen molar-refractivity contribution in [2.75, 3.05) is 0 Å². The van der Waals surface area contributed by atoms with Crippen molar-refractivity contribution >= 4 is 5.97 Å². The minimum atomic E-state index is -4.50. The number of hydrogen-bond acceptors (Lipinski definition) is 2. The first kappa shape index (κ1) is 17.3. The molecule has 0 aliphatic carbocycles. The molecule has 0 saturated carbocycles. The molecular formula is C13H23F3O2. The third-order valence-corrected chi connectivity index (χ3v) is 2.80. The van der Waals surface area contributed by atoms with Gasteiger partial charge in [-0.15, -0.1) is 0 Å². The molecule has 0 aromatic rings. The number of carbonyl (C=O) groups is 1. The highest BCUT2D eigenvalue weighted by Gasteiger charge is 2.42. The zero-order valence-electron chi connectivity index (χ0n) is 11.9. The lowest BCUT2D eigenvalue weighted by molar-refractivity contribution is -0.221. The van der Waals surface area contributed by atoms with Gasteiger partial charge in [0.2, 0.25) is 0 Å². The Morgan fingerprint density at radius 2 is 1.50 bits per heavy atom. The van der Waals surface area contributed by atoms with Gasteiger partial charge in [0.05, 0.1) is 5.41 Å². The SMILES string of the molecule is CC(OC(=O)C(C)(C)CCC(C)(C)C)C(F)(F)F. The summed E-state index contributed by atoms with van der Waals surface area (Å²) < 4.78 is 41.4.